The van der Waals surface area contributed by atoms with Gasteiger partial charge in [-0.05, 0) is 49.4 Å². The monoisotopic (exact) mass is 388 g/mol. The summed E-state index contributed by atoms with van der Waals surface area (Å²) in [4.78, 5) is 12.0. The number of anilines is 1. The smallest absolute Gasteiger partial charge is 0.263 e. The van der Waals surface area contributed by atoms with Crippen molar-refractivity contribution in [2.75, 3.05) is 4.72 Å². The van der Waals surface area contributed by atoms with Crippen LogP contribution in [0, 0.1) is 6.92 Å². The molecular formula is C18H16N2O4S2. The Bertz CT molecular complexity index is 1030. The first-order chi connectivity index (χ1) is 12.3. The molecule has 1 amide bonds. The van der Waals surface area contributed by atoms with E-state index in [-0.39, 0.29) is 9.77 Å². The van der Waals surface area contributed by atoms with Gasteiger partial charge in [0.15, 0.2) is 0 Å². The van der Waals surface area contributed by atoms with Gasteiger partial charge in [-0.3, -0.25) is 9.52 Å². The molecule has 0 atom stereocenters. The van der Waals surface area contributed by atoms with Crippen LogP contribution in [-0.4, -0.2) is 14.3 Å². The van der Waals surface area contributed by atoms with Gasteiger partial charge in [-0.1, -0.05) is 18.2 Å². The standard InChI is InChI=1S/C18H16N2O4S2/c1-12-17(11-16(25-12)18(19)21)26(22,23)20-13-7-9-15(10-8-13)24-14-5-3-2-4-6-14/h2-11,20H,1H3,(H2,19,21). The van der Waals surface area contributed by atoms with Crippen LogP contribution in [0.1, 0.15) is 14.5 Å². The quantitative estimate of drug-likeness (QED) is 0.672. The van der Waals surface area contributed by atoms with Crippen LogP contribution in [0.2, 0.25) is 0 Å². The molecule has 0 saturated heterocycles. The number of hydrogen-bond donors (Lipinski definition) is 2. The maximum Gasteiger partial charge on any atom is 0.263 e. The molecule has 0 saturated carbocycles. The molecule has 0 aliphatic rings. The lowest BCUT2D eigenvalue weighted by molar-refractivity contribution is 0.100. The summed E-state index contributed by atoms with van der Waals surface area (Å²) < 4.78 is 33.3. The van der Waals surface area contributed by atoms with E-state index in [1.54, 1.807) is 31.2 Å². The highest BCUT2D eigenvalue weighted by Crippen LogP contribution is 2.28. The predicted molar refractivity (Wildman–Crippen MR) is 101 cm³/mol. The molecular weight excluding hydrogens is 372 g/mol. The van der Waals surface area contributed by atoms with E-state index in [9.17, 15) is 13.2 Å². The summed E-state index contributed by atoms with van der Waals surface area (Å²) in [7, 11) is -3.82. The number of nitrogens with two attached hydrogens (primary N) is 1. The number of hydrogen-bond acceptors (Lipinski definition) is 5. The summed E-state index contributed by atoms with van der Waals surface area (Å²) >= 11 is 1.05. The Morgan fingerprint density at radius 1 is 1.04 bits per heavy atom. The number of sulfonamides is 1. The van der Waals surface area contributed by atoms with Crippen molar-refractivity contribution in [2.45, 2.75) is 11.8 Å². The van der Waals surface area contributed by atoms with Crippen molar-refractivity contribution in [3.8, 4) is 11.5 Å². The van der Waals surface area contributed by atoms with Gasteiger partial charge in [0.25, 0.3) is 15.9 Å². The number of thiophene rings is 1. The Morgan fingerprint density at radius 2 is 1.65 bits per heavy atom. The van der Waals surface area contributed by atoms with Crippen molar-refractivity contribution in [3.63, 3.8) is 0 Å². The minimum atomic E-state index is -3.82. The number of carbonyl (C=O) groups is 1. The van der Waals surface area contributed by atoms with Gasteiger partial charge in [0.1, 0.15) is 16.4 Å². The molecule has 0 radical (unpaired) electrons. The molecule has 6 nitrogen and oxygen atoms in total. The minimum Gasteiger partial charge on any atom is -0.457 e. The minimum absolute atomic E-state index is 0.0425. The van der Waals surface area contributed by atoms with Gasteiger partial charge >= 0.3 is 0 Å². The molecule has 134 valence electrons. The molecule has 1 heterocycles. The summed E-state index contributed by atoms with van der Waals surface area (Å²) in [5.41, 5.74) is 5.60. The summed E-state index contributed by atoms with van der Waals surface area (Å²) in [6.45, 7) is 1.63. The number of aryl methyl sites for hydroxylation is 1. The molecule has 2 aromatic carbocycles. The molecule has 0 spiro atoms. The van der Waals surface area contributed by atoms with Gasteiger partial charge in [-0.15, -0.1) is 11.3 Å². The number of primary amides is 1. The van der Waals surface area contributed by atoms with Crippen LogP contribution < -0.4 is 15.2 Å². The highest BCUT2D eigenvalue weighted by molar-refractivity contribution is 7.93. The Labute approximate surface area is 155 Å². The van der Waals surface area contributed by atoms with E-state index < -0.39 is 15.9 Å². The number of ether oxygens (including phenoxy) is 1. The number of rotatable bonds is 6. The zero-order valence-electron chi connectivity index (χ0n) is 13.8. The van der Waals surface area contributed by atoms with Gasteiger partial charge in [-0.25, -0.2) is 8.42 Å². The van der Waals surface area contributed by atoms with Gasteiger partial charge in [0.05, 0.1) is 4.88 Å². The number of nitrogens with one attached hydrogen (secondary N) is 1. The first-order valence-corrected chi connectivity index (χ1v) is 9.91. The van der Waals surface area contributed by atoms with Crippen molar-refractivity contribution < 1.29 is 17.9 Å². The second kappa shape index (κ2) is 7.19. The van der Waals surface area contributed by atoms with Crippen LogP contribution >= 0.6 is 11.3 Å². The molecule has 1 aromatic heterocycles. The molecule has 0 aliphatic carbocycles. The van der Waals surface area contributed by atoms with E-state index in [4.69, 9.17) is 10.5 Å². The Morgan fingerprint density at radius 3 is 2.23 bits per heavy atom. The second-order valence-electron chi connectivity index (χ2n) is 5.44. The fourth-order valence-corrected chi connectivity index (χ4v) is 4.78. The van der Waals surface area contributed by atoms with E-state index in [0.29, 0.717) is 22.1 Å². The lowest BCUT2D eigenvalue weighted by Crippen LogP contribution is -2.13. The van der Waals surface area contributed by atoms with E-state index in [1.807, 2.05) is 30.3 Å². The van der Waals surface area contributed by atoms with Crippen molar-refractivity contribution in [3.05, 3.63) is 70.4 Å². The fourth-order valence-electron chi connectivity index (χ4n) is 2.28. The Balaban J connectivity index is 1.77. The molecule has 8 heteroatoms. The topological polar surface area (TPSA) is 98.5 Å². The highest BCUT2D eigenvalue weighted by Gasteiger charge is 2.21. The van der Waals surface area contributed by atoms with Crippen molar-refractivity contribution in [1.29, 1.82) is 0 Å². The summed E-state index contributed by atoms with van der Waals surface area (Å²) in [5.74, 6) is 0.623. The molecule has 3 N–H and O–H groups in total. The number of carbonyl (C=O) groups excluding carboxylic acids is 1. The third-order valence-corrected chi connectivity index (χ3v) is 6.19. The zero-order chi connectivity index (χ0) is 18.7. The third kappa shape index (κ3) is 4.04. The summed E-state index contributed by atoms with van der Waals surface area (Å²) in [5, 5.41) is 0. The van der Waals surface area contributed by atoms with Crippen molar-refractivity contribution >= 4 is 33.0 Å². The Hall–Kier alpha value is -2.84. The largest absolute Gasteiger partial charge is 0.457 e. The van der Waals surface area contributed by atoms with E-state index in [0.717, 1.165) is 11.3 Å². The van der Waals surface area contributed by atoms with Gasteiger partial charge in [0, 0.05) is 10.6 Å². The zero-order valence-corrected chi connectivity index (χ0v) is 15.4. The van der Waals surface area contributed by atoms with Crippen LogP contribution in [-0.2, 0) is 10.0 Å². The molecule has 3 rings (SSSR count). The van der Waals surface area contributed by atoms with Crippen LogP contribution in [0.4, 0.5) is 5.69 Å². The van der Waals surface area contributed by atoms with Gasteiger partial charge in [0.2, 0.25) is 0 Å². The van der Waals surface area contributed by atoms with Gasteiger partial charge in [-0.2, -0.15) is 0 Å². The van der Waals surface area contributed by atoms with E-state index in [2.05, 4.69) is 4.72 Å². The molecule has 26 heavy (non-hydrogen) atoms. The Kier molecular flexibility index (Phi) is 4.97. The lowest BCUT2D eigenvalue weighted by atomic mass is 10.3. The number of amides is 1. The first-order valence-electron chi connectivity index (χ1n) is 7.61. The van der Waals surface area contributed by atoms with Crippen molar-refractivity contribution in [2.24, 2.45) is 5.73 Å². The van der Waals surface area contributed by atoms with Crippen LogP contribution in [0.5, 0.6) is 11.5 Å². The molecule has 0 fully saturated rings. The van der Waals surface area contributed by atoms with E-state index >= 15 is 0 Å². The maximum absolute atomic E-state index is 12.5. The second-order valence-corrected chi connectivity index (χ2v) is 8.35. The highest BCUT2D eigenvalue weighted by atomic mass is 32.2. The van der Waals surface area contributed by atoms with Gasteiger partial charge < -0.3 is 10.5 Å². The number of benzene rings is 2. The first kappa shape index (κ1) is 18.0. The summed E-state index contributed by atoms with van der Waals surface area (Å²) in [6, 6.07) is 17.1. The lowest BCUT2D eigenvalue weighted by Gasteiger charge is -2.09. The SMILES string of the molecule is Cc1sc(C(N)=O)cc1S(=O)(=O)Nc1ccc(Oc2ccccc2)cc1. The van der Waals surface area contributed by atoms with Crippen LogP contribution in [0.3, 0.4) is 0 Å². The molecule has 0 aliphatic heterocycles. The average molecular weight is 388 g/mol. The predicted octanol–water partition coefficient (Wildman–Crippen LogP) is 3.75. The van der Waals surface area contributed by atoms with Crippen LogP contribution in [0.25, 0.3) is 0 Å². The summed E-state index contributed by atoms with van der Waals surface area (Å²) in [6.07, 6.45) is 0. The van der Waals surface area contributed by atoms with Crippen molar-refractivity contribution in [1.82, 2.24) is 0 Å². The van der Waals surface area contributed by atoms with E-state index in [1.165, 1.54) is 6.07 Å². The third-order valence-electron chi connectivity index (χ3n) is 3.49. The van der Waals surface area contributed by atoms with Crippen LogP contribution in [0.15, 0.2) is 65.6 Å². The molecule has 0 unspecified atom stereocenters. The molecule has 3 aromatic rings. The molecule has 0 bridgehead atoms. The number of para-hydroxylation sites is 1. The fraction of sp³-hybridized carbons (Fsp3) is 0.0556. The normalized spacial score (nSPS) is 11.1. The average Bonchev–Trinajstić information content (AvgIpc) is 3.00. The maximum atomic E-state index is 12.5.